The Labute approximate surface area is 152 Å². The highest BCUT2D eigenvalue weighted by Gasteiger charge is 2.25. The third-order valence-corrected chi connectivity index (χ3v) is 4.08. The highest BCUT2D eigenvalue weighted by atomic mass is 16.3. The molecule has 8 heteroatoms. The normalized spacial score (nSPS) is 14.6. The summed E-state index contributed by atoms with van der Waals surface area (Å²) in [6.45, 7) is 7.94. The summed E-state index contributed by atoms with van der Waals surface area (Å²) >= 11 is 0. The first kappa shape index (κ1) is 17.9. The number of piperazine rings is 1. The first-order valence-electron chi connectivity index (χ1n) is 8.68. The maximum atomic E-state index is 12.3. The summed E-state index contributed by atoms with van der Waals surface area (Å²) in [5.41, 5.74) is 1.09. The molecule has 0 bridgehead atoms. The average Bonchev–Trinajstić information content (AvgIpc) is 3.15. The maximum Gasteiger partial charge on any atom is 0.289 e. The molecule has 0 aliphatic carbocycles. The fourth-order valence-electron chi connectivity index (χ4n) is 2.81. The summed E-state index contributed by atoms with van der Waals surface area (Å²) in [5, 5.41) is 2.84. The molecular weight excluding hydrogens is 334 g/mol. The first-order valence-corrected chi connectivity index (χ1v) is 8.68. The van der Waals surface area contributed by atoms with Crippen LogP contribution in [0.5, 0.6) is 0 Å². The van der Waals surface area contributed by atoms with Gasteiger partial charge in [0.15, 0.2) is 5.76 Å². The second-order valence-electron chi connectivity index (χ2n) is 6.58. The number of anilines is 1. The number of aromatic nitrogens is 2. The molecule has 0 aromatic carbocycles. The van der Waals surface area contributed by atoms with Gasteiger partial charge in [-0.2, -0.15) is 0 Å². The van der Waals surface area contributed by atoms with E-state index in [1.165, 1.54) is 6.26 Å². The van der Waals surface area contributed by atoms with Gasteiger partial charge in [0.1, 0.15) is 5.69 Å². The van der Waals surface area contributed by atoms with Gasteiger partial charge in [0.05, 0.1) is 6.26 Å². The number of nitrogens with one attached hydrogen (secondary N) is 1. The third kappa shape index (κ3) is 4.01. The van der Waals surface area contributed by atoms with Crippen molar-refractivity contribution in [2.24, 2.45) is 0 Å². The first-order chi connectivity index (χ1) is 12.4. The molecule has 0 spiro atoms. The number of furan rings is 1. The molecule has 0 saturated carbocycles. The molecule has 2 aromatic rings. The van der Waals surface area contributed by atoms with Crippen molar-refractivity contribution in [3.8, 4) is 0 Å². The minimum absolute atomic E-state index is 0.0392. The Bertz CT molecular complexity index is 780. The predicted octanol–water partition coefficient (Wildman–Crippen LogP) is 1.48. The van der Waals surface area contributed by atoms with Crippen molar-refractivity contribution >= 4 is 17.8 Å². The average molecular weight is 357 g/mol. The van der Waals surface area contributed by atoms with E-state index in [1.54, 1.807) is 23.1 Å². The van der Waals surface area contributed by atoms with Gasteiger partial charge in [-0.1, -0.05) is 0 Å². The molecule has 1 N–H and O–H groups in total. The van der Waals surface area contributed by atoms with Gasteiger partial charge in [0, 0.05) is 37.9 Å². The molecule has 3 rings (SSSR count). The van der Waals surface area contributed by atoms with Crippen LogP contribution in [0.25, 0.3) is 0 Å². The van der Waals surface area contributed by atoms with Gasteiger partial charge < -0.3 is 19.5 Å². The predicted molar refractivity (Wildman–Crippen MR) is 96.2 cm³/mol. The number of carbonyl (C=O) groups is 2. The van der Waals surface area contributed by atoms with Crippen LogP contribution in [0, 0.1) is 6.92 Å². The summed E-state index contributed by atoms with van der Waals surface area (Å²) in [5.74, 6) is 0.539. The van der Waals surface area contributed by atoms with Crippen molar-refractivity contribution in [3.05, 3.63) is 41.6 Å². The van der Waals surface area contributed by atoms with Crippen LogP contribution in [-0.4, -0.2) is 58.9 Å². The molecule has 26 heavy (non-hydrogen) atoms. The van der Waals surface area contributed by atoms with Gasteiger partial charge >= 0.3 is 0 Å². The third-order valence-electron chi connectivity index (χ3n) is 4.08. The standard InChI is InChI=1S/C18H23N5O3/c1-12(2)19-16(24)14-11-13(3)20-18(21-14)23-8-6-22(7-9-23)17(25)15-5-4-10-26-15/h4-5,10-12H,6-9H2,1-3H3,(H,19,24). The lowest BCUT2D eigenvalue weighted by Crippen LogP contribution is -2.49. The van der Waals surface area contributed by atoms with E-state index in [9.17, 15) is 9.59 Å². The van der Waals surface area contributed by atoms with Crippen molar-refractivity contribution in [1.82, 2.24) is 20.2 Å². The summed E-state index contributed by atoms with van der Waals surface area (Å²) in [4.78, 5) is 37.2. The topological polar surface area (TPSA) is 91.6 Å². The summed E-state index contributed by atoms with van der Waals surface area (Å²) in [6.07, 6.45) is 1.49. The van der Waals surface area contributed by atoms with E-state index < -0.39 is 0 Å². The van der Waals surface area contributed by atoms with Crippen LogP contribution in [0.3, 0.4) is 0 Å². The van der Waals surface area contributed by atoms with Crippen LogP contribution in [0.1, 0.15) is 40.6 Å². The lowest BCUT2D eigenvalue weighted by Gasteiger charge is -2.34. The van der Waals surface area contributed by atoms with Crippen LogP contribution < -0.4 is 10.2 Å². The van der Waals surface area contributed by atoms with Crippen molar-refractivity contribution < 1.29 is 14.0 Å². The number of amides is 2. The van der Waals surface area contributed by atoms with E-state index in [-0.39, 0.29) is 17.9 Å². The second-order valence-corrected chi connectivity index (χ2v) is 6.58. The highest BCUT2D eigenvalue weighted by Crippen LogP contribution is 2.15. The van der Waals surface area contributed by atoms with E-state index >= 15 is 0 Å². The monoisotopic (exact) mass is 357 g/mol. The number of nitrogens with zero attached hydrogens (tertiary/aromatic N) is 4. The van der Waals surface area contributed by atoms with Gasteiger partial charge in [-0.15, -0.1) is 0 Å². The van der Waals surface area contributed by atoms with Gasteiger partial charge in [-0.3, -0.25) is 9.59 Å². The van der Waals surface area contributed by atoms with E-state index in [0.29, 0.717) is 43.6 Å². The summed E-state index contributed by atoms with van der Waals surface area (Å²) in [7, 11) is 0. The number of hydrogen-bond acceptors (Lipinski definition) is 6. The Hall–Kier alpha value is -2.90. The Balaban J connectivity index is 1.68. The SMILES string of the molecule is Cc1cc(C(=O)NC(C)C)nc(N2CCN(C(=O)c3ccco3)CC2)n1. The quantitative estimate of drug-likeness (QED) is 0.891. The van der Waals surface area contributed by atoms with Crippen molar-refractivity contribution in [1.29, 1.82) is 0 Å². The number of rotatable bonds is 4. The van der Waals surface area contributed by atoms with Gasteiger partial charge in [-0.25, -0.2) is 9.97 Å². The smallest absolute Gasteiger partial charge is 0.289 e. The Morgan fingerprint density at radius 1 is 1.19 bits per heavy atom. The van der Waals surface area contributed by atoms with Crippen LogP contribution >= 0.6 is 0 Å². The van der Waals surface area contributed by atoms with Crippen LogP contribution in [0.15, 0.2) is 28.9 Å². The van der Waals surface area contributed by atoms with E-state index in [1.807, 2.05) is 25.7 Å². The minimum Gasteiger partial charge on any atom is -0.459 e. The molecule has 0 radical (unpaired) electrons. The van der Waals surface area contributed by atoms with Crippen molar-refractivity contribution in [3.63, 3.8) is 0 Å². The largest absolute Gasteiger partial charge is 0.459 e. The molecule has 1 aliphatic heterocycles. The zero-order chi connectivity index (χ0) is 18.7. The number of hydrogen-bond donors (Lipinski definition) is 1. The minimum atomic E-state index is -0.210. The maximum absolute atomic E-state index is 12.3. The lowest BCUT2D eigenvalue weighted by atomic mass is 10.2. The van der Waals surface area contributed by atoms with Gasteiger partial charge in [0.25, 0.3) is 11.8 Å². The summed E-state index contributed by atoms with van der Waals surface area (Å²) < 4.78 is 5.18. The molecule has 0 atom stereocenters. The van der Waals surface area contributed by atoms with Gasteiger partial charge in [-0.05, 0) is 39.0 Å². The van der Waals surface area contributed by atoms with E-state index in [4.69, 9.17) is 4.42 Å². The molecule has 2 aromatic heterocycles. The van der Waals surface area contributed by atoms with Crippen LogP contribution in [-0.2, 0) is 0 Å². The molecule has 0 unspecified atom stereocenters. The van der Waals surface area contributed by atoms with Crippen LogP contribution in [0.2, 0.25) is 0 Å². The Morgan fingerprint density at radius 2 is 1.92 bits per heavy atom. The molecule has 2 amide bonds. The summed E-state index contributed by atoms with van der Waals surface area (Å²) in [6, 6.07) is 5.08. The molecule has 1 aliphatic rings. The van der Waals surface area contributed by atoms with E-state index in [2.05, 4.69) is 15.3 Å². The Morgan fingerprint density at radius 3 is 2.54 bits per heavy atom. The molecule has 1 saturated heterocycles. The zero-order valence-electron chi connectivity index (χ0n) is 15.2. The molecular formula is C18H23N5O3. The molecule has 138 valence electrons. The molecule has 8 nitrogen and oxygen atoms in total. The van der Waals surface area contributed by atoms with Gasteiger partial charge in [0.2, 0.25) is 5.95 Å². The second kappa shape index (κ2) is 7.55. The van der Waals surface area contributed by atoms with Crippen molar-refractivity contribution in [2.75, 3.05) is 31.1 Å². The van der Waals surface area contributed by atoms with Crippen molar-refractivity contribution in [2.45, 2.75) is 26.8 Å². The lowest BCUT2D eigenvalue weighted by molar-refractivity contribution is 0.0714. The fourth-order valence-corrected chi connectivity index (χ4v) is 2.81. The fraction of sp³-hybridized carbons (Fsp3) is 0.444. The Kier molecular flexibility index (Phi) is 5.20. The number of carbonyl (C=O) groups excluding carboxylic acids is 2. The highest BCUT2D eigenvalue weighted by molar-refractivity contribution is 5.93. The van der Waals surface area contributed by atoms with E-state index in [0.717, 1.165) is 5.69 Å². The zero-order valence-corrected chi connectivity index (χ0v) is 15.2. The van der Waals surface area contributed by atoms with Crippen LogP contribution in [0.4, 0.5) is 5.95 Å². The number of aryl methyl sites for hydroxylation is 1. The molecule has 1 fully saturated rings. The molecule has 3 heterocycles.